The predicted octanol–water partition coefficient (Wildman–Crippen LogP) is 3.55. The standard InChI is InChI=1S/C10H20Cl2O/c1-2-3-4-5-6-7-10(13)9(12)8-11/h9-10,13H,2-8H2,1H3. The van der Waals surface area contributed by atoms with Crippen molar-refractivity contribution in [1.82, 2.24) is 0 Å². The molecule has 2 atom stereocenters. The van der Waals surface area contributed by atoms with Crippen LogP contribution in [0.25, 0.3) is 0 Å². The van der Waals surface area contributed by atoms with Crippen LogP contribution in [-0.2, 0) is 0 Å². The van der Waals surface area contributed by atoms with Crippen molar-refractivity contribution in [2.75, 3.05) is 5.88 Å². The molecule has 0 aliphatic heterocycles. The van der Waals surface area contributed by atoms with Crippen molar-refractivity contribution >= 4 is 23.2 Å². The molecule has 3 heteroatoms. The molecule has 0 fully saturated rings. The minimum absolute atomic E-state index is 0.284. The fourth-order valence-electron chi connectivity index (χ4n) is 1.24. The van der Waals surface area contributed by atoms with Crippen molar-refractivity contribution in [2.45, 2.75) is 56.9 Å². The van der Waals surface area contributed by atoms with Gasteiger partial charge in [0, 0.05) is 5.88 Å². The number of aliphatic hydroxyl groups excluding tert-OH is 1. The van der Waals surface area contributed by atoms with Crippen molar-refractivity contribution in [3.8, 4) is 0 Å². The third-order valence-corrected chi connectivity index (χ3v) is 3.10. The molecule has 0 radical (unpaired) electrons. The zero-order valence-electron chi connectivity index (χ0n) is 8.31. The van der Waals surface area contributed by atoms with Crippen LogP contribution in [-0.4, -0.2) is 22.5 Å². The lowest BCUT2D eigenvalue weighted by atomic mass is 10.1. The van der Waals surface area contributed by atoms with Gasteiger partial charge in [0.1, 0.15) is 0 Å². The lowest BCUT2D eigenvalue weighted by Gasteiger charge is -2.13. The van der Waals surface area contributed by atoms with Crippen LogP contribution in [0.5, 0.6) is 0 Å². The minimum Gasteiger partial charge on any atom is -0.392 e. The summed E-state index contributed by atoms with van der Waals surface area (Å²) in [5, 5.41) is 9.17. The summed E-state index contributed by atoms with van der Waals surface area (Å²) in [6.07, 6.45) is 6.40. The molecule has 0 rings (SSSR count). The second-order valence-electron chi connectivity index (χ2n) is 3.44. The predicted molar refractivity (Wildman–Crippen MR) is 59.7 cm³/mol. The van der Waals surface area contributed by atoms with Crippen LogP contribution in [0.1, 0.15) is 45.4 Å². The first kappa shape index (κ1) is 13.5. The van der Waals surface area contributed by atoms with Gasteiger partial charge in [-0.25, -0.2) is 0 Å². The van der Waals surface area contributed by atoms with Crippen molar-refractivity contribution < 1.29 is 5.11 Å². The summed E-state index contributed by atoms with van der Waals surface area (Å²) < 4.78 is 0. The highest BCUT2D eigenvalue weighted by Gasteiger charge is 2.14. The lowest BCUT2D eigenvalue weighted by Crippen LogP contribution is -2.21. The largest absolute Gasteiger partial charge is 0.392 e. The van der Waals surface area contributed by atoms with E-state index in [-0.39, 0.29) is 5.38 Å². The maximum absolute atomic E-state index is 9.46. The van der Waals surface area contributed by atoms with Crippen LogP contribution in [0, 0.1) is 0 Å². The maximum atomic E-state index is 9.46. The Morgan fingerprint density at radius 1 is 1.15 bits per heavy atom. The molecule has 0 amide bonds. The molecule has 80 valence electrons. The topological polar surface area (TPSA) is 20.2 Å². The summed E-state index contributed by atoms with van der Waals surface area (Å²) in [6.45, 7) is 2.19. The van der Waals surface area contributed by atoms with Gasteiger partial charge in [0.05, 0.1) is 11.5 Å². The van der Waals surface area contributed by atoms with Gasteiger partial charge in [-0.15, -0.1) is 23.2 Å². The Balaban J connectivity index is 3.21. The first-order chi connectivity index (χ1) is 6.22. The van der Waals surface area contributed by atoms with E-state index >= 15 is 0 Å². The van der Waals surface area contributed by atoms with E-state index in [1.807, 2.05) is 0 Å². The highest BCUT2D eigenvalue weighted by atomic mass is 35.5. The van der Waals surface area contributed by atoms with E-state index in [2.05, 4.69) is 6.92 Å². The SMILES string of the molecule is CCCCCCCC(O)C(Cl)CCl. The summed E-state index contributed by atoms with van der Waals surface area (Å²) in [7, 11) is 0. The average Bonchev–Trinajstić information content (AvgIpc) is 2.16. The van der Waals surface area contributed by atoms with Gasteiger partial charge in [0.25, 0.3) is 0 Å². The van der Waals surface area contributed by atoms with Gasteiger partial charge in [-0.1, -0.05) is 39.0 Å². The highest BCUT2D eigenvalue weighted by Crippen LogP contribution is 2.13. The molecule has 0 bridgehead atoms. The monoisotopic (exact) mass is 226 g/mol. The summed E-state index contributed by atoms with van der Waals surface area (Å²) in [6, 6.07) is 0. The van der Waals surface area contributed by atoms with Crippen LogP contribution in [0.15, 0.2) is 0 Å². The van der Waals surface area contributed by atoms with E-state index in [9.17, 15) is 5.11 Å². The molecule has 0 aromatic rings. The normalized spacial score (nSPS) is 15.7. The van der Waals surface area contributed by atoms with Gasteiger partial charge in [-0.3, -0.25) is 0 Å². The van der Waals surface area contributed by atoms with Gasteiger partial charge in [-0.05, 0) is 6.42 Å². The van der Waals surface area contributed by atoms with Crippen molar-refractivity contribution in [3.05, 3.63) is 0 Å². The molecular weight excluding hydrogens is 207 g/mol. The van der Waals surface area contributed by atoms with Crippen molar-refractivity contribution in [1.29, 1.82) is 0 Å². The maximum Gasteiger partial charge on any atom is 0.0730 e. The number of rotatable bonds is 8. The molecule has 2 unspecified atom stereocenters. The Bertz CT molecular complexity index is 109. The Kier molecular flexibility index (Phi) is 9.49. The molecule has 1 nitrogen and oxygen atoms in total. The van der Waals surface area contributed by atoms with Crippen LogP contribution >= 0.6 is 23.2 Å². The first-order valence-electron chi connectivity index (χ1n) is 5.10. The van der Waals surface area contributed by atoms with Crippen molar-refractivity contribution in [3.63, 3.8) is 0 Å². The quantitative estimate of drug-likeness (QED) is 0.496. The molecule has 0 aliphatic rings. The summed E-state index contributed by atoms with van der Waals surface area (Å²) >= 11 is 11.3. The molecule has 0 spiro atoms. The summed E-state index contributed by atoms with van der Waals surface area (Å²) in [5.74, 6) is 0.331. The smallest absolute Gasteiger partial charge is 0.0730 e. The van der Waals surface area contributed by atoms with E-state index in [4.69, 9.17) is 23.2 Å². The number of unbranched alkanes of at least 4 members (excludes halogenated alkanes) is 4. The number of aliphatic hydroxyl groups is 1. The Hall–Kier alpha value is 0.540. The second-order valence-corrected chi connectivity index (χ2v) is 4.31. The van der Waals surface area contributed by atoms with E-state index in [0.717, 1.165) is 12.8 Å². The van der Waals surface area contributed by atoms with Crippen molar-refractivity contribution in [2.24, 2.45) is 0 Å². The zero-order valence-corrected chi connectivity index (χ0v) is 9.82. The van der Waals surface area contributed by atoms with E-state index in [1.165, 1.54) is 25.7 Å². The van der Waals surface area contributed by atoms with Gasteiger partial charge in [0.15, 0.2) is 0 Å². The van der Waals surface area contributed by atoms with Crippen LogP contribution in [0.3, 0.4) is 0 Å². The fraction of sp³-hybridized carbons (Fsp3) is 1.00. The zero-order chi connectivity index (χ0) is 10.1. The van der Waals surface area contributed by atoms with Crippen LogP contribution < -0.4 is 0 Å². The molecule has 1 N–H and O–H groups in total. The molecule has 0 heterocycles. The average molecular weight is 227 g/mol. The lowest BCUT2D eigenvalue weighted by molar-refractivity contribution is 0.160. The Morgan fingerprint density at radius 2 is 1.77 bits per heavy atom. The Labute approximate surface area is 91.4 Å². The fourth-order valence-corrected chi connectivity index (χ4v) is 1.57. The van der Waals surface area contributed by atoms with E-state index in [0.29, 0.717) is 5.88 Å². The number of hydrogen-bond donors (Lipinski definition) is 1. The van der Waals surface area contributed by atoms with Crippen LogP contribution in [0.4, 0.5) is 0 Å². The molecule has 13 heavy (non-hydrogen) atoms. The van der Waals surface area contributed by atoms with E-state index in [1.54, 1.807) is 0 Å². The first-order valence-corrected chi connectivity index (χ1v) is 6.07. The minimum atomic E-state index is -0.430. The molecule has 0 aromatic heterocycles. The van der Waals surface area contributed by atoms with E-state index < -0.39 is 6.10 Å². The van der Waals surface area contributed by atoms with Gasteiger partial charge >= 0.3 is 0 Å². The highest BCUT2D eigenvalue weighted by molar-refractivity contribution is 6.28. The summed E-state index contributed by atoms with van der Waals surface area (Å²) in [5.41, 5.74) is 0. The molecule has 0 saturated carbocycles. The van der Waals surface area contributed by atoms with Crippen LogP contribution in [0.2, 0.25) is 0 Å². The number of hydrogen-bond acceptors (Lipinski definition) is 1. The Morgan fingerprint density at radius 3 is 2.31 bits per heavy atom. The molecular formula is C10H20Cl2O. The molecule has 0 saturated heterocycles. The molecule has 0 aliphatic carbocycles. The third kappa shape index (κ3) is 7.60. The second kappa shape index (κ2) is 9.11. The number of alkyl halides is 2. The van der Waals surface area contributed by atoms with Gasteiger partial charge in [-0.2, -0.15) is 0 Å². The third-order valence-electron chi connectivity index (χ3n) is 2.17. The summed E-state index contributed by atoms with van der Waals surface area (Å²) in [4.78, 5) is 0. The molecule has 0 aromatic carbocycles. The van der Waals surface area contributed by atoms with Gasteiger partial charge in [0.2, 0.25) is 0 Å². The number of halogens is 2. The van der Waals surface area contributed by atoms with Gasteiger partial charge < -0.3 is 5.11 Å².